The van der Waals surface area contributed by atoms with E-state index in [9.17, 15) is 5.11 Å². The predicted octanol–water partition coefficient (Wildman–Crippen LogP) is 4.78. The first-order chi connectivity index (χ1) is 10.3. The van der Waals surface area contributed by atoms with Crippen molar-refractivity contribution in [1.29, 1.82) is 0 Å². The lowest BCUT2D eigenvalue weighted by atomic mass is 9.74. The molecule has 1 atom stereocenters. The standard InChI is InChI=1S/C19H20OS/c1-2-19(14-20,16-8-4-3-5-9-16)12-15-13-21-18-11-7-6-10-17(15)18/h3-11,13,20H,2,12,14H2,1H3. The second-order valence-electron chi connectivity index (χ2n) is 5.59. The molecule has 0 saturated heterocycles. The van der Waals surface area contributed by atoms with Crippen LogP contribution in [0.3, 0.4) is 0 Å². The Hall–Kier alpha value is -1.64. The fourth-order valence-electron chi connectivity index (χ4n) is 3.02. The summed E-state index contributed by atoms with van der Waals surface area (Å²) >= 11 is 1.79. The molecule has 1 unspecified atom stereocenters. The van der Waals surface area contributed by atoms with Crippen LogP contribution in [-0.4, -0.2) is 11.7 Å². The van der Waals surface area contributed by atoms with Crippen molar-refractivity contribution >= 4 is 21.4 Å². The lowest BCUT2D eigenvalue weighted by Gasteiger charge is -2.31. The highest BCUT2D eigenvalue weighted by Crippen LogP contribution is 2.36. The lowest BCUT2D eigenvalue weighted by Crippen LogP contribution is -2.32. The van der Waals surface area contributed by atoms with Crippen LogP contribution in [-0.2, 0) is 11.8 Å². The van der Waals surface area contributed by atoms with Crippen molar-refractivity contribution in [2.24, 2.45) is 0 Å². The number of hydrogen-bond acceptors (Lipinski definition) is 2. The third kappa shape index (κ3) is 2.61. The number of aliphatic hydroxyl groups is 1. The molecule has 1 nitrogen and oxygen atoms in total. The molecule has 0 aliphatic rings. The number of rotatable bonds is 5. The Morgan fingerprint density at radius 2 is 1.71 bits per heavy atom. The van der Waals surface area contributed by atoms with Gasteiger partial charge in [0.2, 0.25) is 0 Å². The van der Waals surface area contributed by atoms with E-state index < -0.39 is 0 Å². The maximum Gasteiger partial charge on any atom is 0.0531 e. The van der Waals surface area contributed by atoms with Gasteiger partial charge in [0.05, 0.1) is 6.61 Å². The van der Waals surface area contributed by atoms with Crippen molar-refractivity contribution in [2.45, 2.75) is 25.2 Å². The van der Waals surface area contributed by atoms with Gasteiger partial charge in [-0.2, -0.15) is 0 Å². The summed E-state index contributed by atoms with van der Waals surface area (Å²) in [4.78, 5) is 0. The summed E-state index contributed by atoms with van der Waals surface area (Å²) in [6, 6.07) is 18.9. The molecule has 1 N–H and O–H groups in total. The molecule has 0 bridgehead atoms. The van der Waals surface area contributed by atoms with Gasteiger partial charge in [0.25, 0.3) is 0 Å². The third-order valence-electron chi connectivity index (χ3n) is 4.46. The van der Waals surface area contributed by atoms with Gasteiger partial charge in [0.15, 0.2) is 0 Å². The Morgan fingerprint density at radius 1 is 1.00 bits per heavy atom. The minimum Gasteiger partial charge on any atom is -0.395 e. The van der Waals surface area contributed by atoms with E-state index in [-0.39, 0.29) is 12.0 Å². The van der Waals surface area contributed by atoms with Gasteiger partial charge in [-0.05, 0) is 40.8 Å². The van der Waals surface area contributed by atoms with Crippen molar-refractivity contribution in [3.05, 3.63) is 71.1 Å². The maximum absolute atomic E-state index is 10.1. The van der Waals surface area contributed by atoms with Crippen LogP contribution in [0.5, 0.6) is 0 Å². The van der Waals surface area contributed by atoms with Crippen molar-refractivity contribution in [2.75, 3.05) is 6.61 Å². The van der Waals surface area contributed by atoms with Gasteiger partial charge in [-0.25, -0.2) is 0 Å². The van der Waals surface area contributed by atoms with Crippen LogP contribution >= 0.6 is 11.3 Å². The summed E-state index contributed by atoms with van der Waals surface area (Å²) < 4.78 is 1.32. The zero-order chi connectivity index (χ0) is 14.7. The number of hydrogen-bond donors (Lipinski definition) is 1. The van der Waals surface area contributed by atoms with Crippen molar-refractivity contribution in [3.63, 3.8) is 0 Å². The summed E-state index contributed by atoms with van der Waals surface area (Å²) in [7, 11) is 0. The normalized spacial score (nSPS) is 14.2. The minimum absolute atomic E-state index is 0.178. The average molecular weight is 296 g/mol. The first-order valence-electron chi connectivity index (χ1n) is 7.40. The average Bonchev–Trinajstić information content (AvgIpc) is 2.96. The van der Waals surface area contributed by atoms with E-state index in [1.165, 1.54) is 21.2 Å². The molecule has 0 spiro atoms. The first kappa shape index (κ1) is 14.3. The first-order valence-corrected chi connectivity index (χ1v) is 8.28. The minimum atomic E-state index is -0.189. The monoisotopic (exact) mass is 296 g/mol. The van der Waals surface area contributed by atoms with E-state index >= 15 is 0 Å². The summed E-state index contributed by atoms with van der Waals surface area (Å²) in [6.45, 7) is 2.34. The zero-order valence-corrected chi connectivity index (χ0v) is 13.1. The van der Waals surface area contributed by atoms with E-state index in [1.807, 2.05) is 6.07 Å². The van der Waals surface area contributed by atoms with Gasteiger partial charge in [0, 0.05) is 10.1 Å². The van der Waals surface area contributed by atoms with E-state index in [2.05, 4.69) is 60.8 Å². The second kappa shape index (κ2) is 6.00. The molecule has 3 aromatic rings. The summed E-state index contributed by atoms with van der Waals surface area (Å²) in [5.74, 6) is 0. The Bertz CT molecular complexity index is 711. The fourth-order valence-corrected chi connectivity index (χ4v) is 3.98. The van der Waals surface area contributed by atoms with Crippen molar-refractivity contribution in [1.82, 2.24) is 0 Å². The highest BCUT2D eigenvalue weighted by atomic mass is 32.1. The van der Waals surface area contributed by atoms with Gasteiger partial charge < -0.3 is 5.11 Å². The molecule has 1 heterocycles. The summed E-state index contributed by atoms with van der Waals surface area (Å²) in [5.41, 5.74) is 2.38. The molecule has 1 aromatic heterocycles. The molecule has 0 amide bonds. The molecule has 0 radical (unpaired) electrons. The Labute approximate surface area is 129 Å². The van der Waals surface area contributed by atoms with Gasteiger partial charge in [-0.15, -0.1) is 11.3 Å². The van der Waals surface area contributed by atoms with Crippen molar-refractivity contribution < 1.29 is 5.11 Å². The van der Waals surface area contributed by atoms with Crippen LogP contribution in [0.2, 0.25) is 0 Å². The molecule has 0 saturated carbocycles. The molecule has 0 aliphatic carbocycles. The van der Waals surface area contributed by atoms with Crippen LogP contribution in [0.1, 0.15) is 24.5 Å². The zero-order valence-electron chi connectivity index (χ0n) is 12.3. The molecule has 2 heteroatoms. The van der Waals surface area contributed by atoms with E-state index in [1.54, 1.807) is 11.3 Å². The quantitative estimate of drug-likeness (QED) is 0.718. The van der Waals surface area contributed by atoms with Gasteiger partial charge in [-0.1, -0.05) is 55.5 Å². The van der Waals surface area contributed by atoms with Gasteiger partial charge in [0.1, 0.15) is 0 Å². The topological polar surface area (TPSA) is 20.2 Å². The van der Waals surface area contributed by atoms with Crippen LogP contribution in [0.4, 0.5) is 0 Å². The molecule has 21 heavy (non-hydrogen) atoms. The van der Waals surface area contributed by atoms with Crippen molar-refractivity contribution in [3.8, 4) is 0 Å². The van der Waals surface area contributed by atoms with E-state index in [0.717, 1.165) is 12.8 Å². The smallest absolute Gasteiger partial charge is 0.0531 e. The largest absolute Gasteiger partial charge is 0.395 e. The number of aliphatic hydroxyl groups excluding tert-OH is 1. The predicted molar refractivity (Wildman–Crippen MR) is 91.0 cm³/mol. The Balaban J connectivity index is 2.03. The van der Waals surface area contributed by atoms with Gasteiger partial charge >= 0.3 is 0 Å². The van der Waals surface area contributed by atoms with E-state index in [0.29, 0.717) is 0 Å². The lowest BCUT2D eigenvalue weighted by molar-refractivity contribution is 0.187. The molecule has 0 fully saturated rings. The summed E-state index contributed by atoms with van der Waals surface area (Å²) in [5, 5.41) is 13.7. The third-order valence-corrected chi connectivity index (χ3v) is 5.47. The summed E-state index contributed by atoms with van der Waals surface area (Å²) in [6.07, 6.45) is 1.81. The number of benzene rings is 2. The van der Waals surface area contributed by atoms with Crippen LogP contribution < -0.4 is 0 Å². The molecular weight excluding hydrogens is 276 g/mol. The fraction of sp³-hybridized carbons (Fsp3) is 0.263. The molecule has 108 valence electrons. The SMILES string of the molecule is CCC(CO)(Cc1csc2ccccc12)c1ccccc1. The molecular formula is C19H20OS. The maximum atomic E-state index is 10.1. The Morgan fingerprint density at radius 3 is 2.43 bits per heavy atom. The number of thiophene rings is 1. The molecule has 3 rings (SSSR count). The van der Waals surface area contributed by atoms with Crippen LogP contribution in [0.15, 0.2) is 60.0 Å². The number of fused-ring (bicyclic) bond motifs is 1. The second-order valence-corrected chi connectivity index (χ2v) is 6.50. The van der Waals surface area contributed by atoms with E-state index in [4.69, 9.17) is 0 Å². The van der Waals surface area contributed by atoms with Crippen LogP contribution in [0.25, 0.3) is 10.1 Å². The highest BCUT2D eigenvalue weighted by Gasteiger charge is 2.30. The van der Waals surface area contributed by atoms with Crippen LogP contribution in [0, 0.1) is 0 Å². The highest BCUT2D eigenvalue weighted by molar-refractivity contribution is 7.17. The van der Waals surface area contributed by atoms with Gasteiger partial charge in [-0.3, -0.25) is 0 Å². The molecule has 0 aliphatic heterocycles. The Kier molecular flexibility index (Phi) is 4.09. The molecule has 2 aromatic carbocycles.